The molecule has 376 valence electrons. The molecule has 3 aliphatic heterocycles. The minimum atomic E-state index is -0.992. The molecule has 6 N–H and O–H groups in total. The van der Waals surface area contributed by atoms with Gasteiger partial charge >= 0.3 is 0 Å². The van der Waals surface area contributed by atoms with E-state index in [1.165, 1.54) is 10.5 Å². The zero-order valence-corrected chi connectivity index (χ0v) is 42.0. The predicted molar refractivity (Wildman–Crippen MR) is 273 cm³/mol. The minimum absolute atomic E-state index is 0.00373. The molecule has 3 aromatic carbocycles. The number of anilines is 2. The number of para-hydroxylation sites is 1. The van der Waals surface area contributed by atoms with Crippen LogP contribution in [0.2, 0.25) is 0 Å². The van der Waals surface area contributed by atoms with E-state index in [1.807, 2.05) is 70.5 Å². The average molecular weight is 987 g/mol. The van der Waals surface area contributed by atoms with Crippen molar-refractivity contribution in [3.63, 3.8) is 0 Å². The van der Waals surface area contributed by atoms with Crippen LogP contribution >= 0.6 is 11.3 Å². The Labute approximate surface area is 419 Å². The van der Waals surface area contributed by atoms with Crippen molar-refractivity contribution in [1.82, 2.24) is 40.5 Å². The number of nitrogens with zero attached hydrogens (tertiary/aromatic N) is 7. The first-order chi connectivity index (χ1) is 34.0. The number of aliphatic hydroxyl groups excluding tert-OH is 1. The van der Waals surface area contributed by atoms with Gasteiger partial charge in [-0.1, -0.05) is 69.3 Å². The Kier molecular flexibility index (Phi) is 15.9. The monoisotopic (exact) mass is 986 g/mol. The van der Waals surface area contributed by atoms with Gasteiger partial charge in [0.2, 0.25) is 23.6 Å². The molecule has 0 bridgehead atoms. The van der Waals surface area contributed by atoms with Gasteiger partial charge < -0.3 is 46.0 Å². The van der Waals surface area contributed by atoms with Gasteiger partial charge in [-0.3, -0.25) is 24.1 Å². The van der Waals surface area contributed by atoms with Gasteiger partial charge in [-0.2, -0.15) is 0 Å². The number of rotatable bonds is 15. The molecule has 5 aromatic rings. The Morgan fingerprint density at radius 1 is 0.915 bits per heavy atom. The average Bonchev–Trinajstić information content (AvgIpc) is 3.98. The molecule has 0 spiro atoms. The molecule has 0 saturated carbocycles. The molecule has 5 atom stereocenters. The Morgan fingerprint density at radius 2 is 1.65 bits per heavy atom. The highest BCUT2D eigenvalue weighted by Crippen LogP contribution is 2.33. The van der Waals surface area contributed by atoms with Crippen molar-refractivity contribution < 1.29 is 34.1 Å². The second kappa shape index (κ2) is 22.2. The summed E-state index contributed by atoms with van der Waals surface area (Å²) in [7, 11) is 0. The van der Waals surface area contributed by atoms with E-state index in [-0.39, 0.29) is 61.3 Å². The highest BCUT2D eigenvalue weighted by Gasteiger charge is 2.45. The Bertz CT molecular complexity index is 2670. The number of nitrogens with two attached hydrogens (primary N) is 1. The molecule has 0 aliphatic carbocycles. The van der Waals surface area contributed by atoms with E-state index in [4.69, 9.17) is 10.5 Å². The summed E-state index contributed by atoms with van der Waals surface area (Å²) < 4.78 is 6.36. The molecule has 71 heavy (non-hydrogen) atoms. The summed E-state index contributed by atoms with van der Waals surface area (Å²) in [4.78, 5) is 68.0. The topological polar surface area (TPSA) is 220 Å². The molecule has 5 heterocycles. The Morgan fingerprint density at radius 3 is 2.34 bits per heavy atom. The first kappa shape index (κ1) is 50.7. The lowest BCUT2D eigenvalue weighted by atomic mass is 9.85. The number of phenolic OH excluding ortho intramolecular Hbond substituents is 1. The number of hydrogen-bond donors (Lipinski definition) is 5. The number of aromatic hydroxyl groups is 1. The number of ether oxygens (including phenoxy) is 1. The predicted octanol–water partition coefficient (Wildman–Crippen LogP) is 5.71. The van der Waals surface area contributed by atoms with E-state index < -0.39 is 35.4 Å². The molecule has 8 rings (SSSR count). The summed E-state index contributed by atoms with van der Waals surface area (Å²) in [5.74, 6) is -0.627. The lowest BCUT2D eigenvalue weighted by molar-refractivity contribution is -0.144. The molecule has 4 amide bonds. The fraction of sp³-hybridized carbons (Fsp3) is 0.453. The number of aliphatic hydroxyl groups is 1. The van der Waals surface area contributed by atoms with Crippen LogP contribution in [0.4, 0.5) is 11.5 Å². The van der Waals surface area contributed by atoms with Gasteiger partial charge in [0.15, 0.2) is 11.6 Å². The van der Waals surface area contributed by atoms with E-state index in [1.54, 1.807) is 40.5 Å². The molecular weight excluding hydrogens is 921 g/mol. The second-order valence-electron chi connectivity index (χ2n) is 20.0. The largest absolute Gasteiger partial charge is 0.507 e. The first-order valence-electron chi connectivity index (χ1n) is 24.5. The van der Waals surface area contributed by atoms with E-state index in [9.17, 15) is 29.4 Å². The van der Waals surface area contributed by atoms with Crippen LogP contribution < -0.4 is 26.0 Å². The standard InChI is InChI=1S/C53H66N10O7S/c1-33(36-14-16-37(17-15-36)48-34(2)55-32-71-48)56-51(68)43-27-39(64)30-63(43)52(69)49(53(3,4)5)57-46(66)20-21-47(67)62-25-23-61(24-26-62)38-18-12-35(13-19-38)29-60-22-8-9-40(31-60)70-45-28-42(58-59-50(45)54)41-10-6-7-11-44(41)65/h6-7,10-19,28,32-33,39-40,43,49,64-65H,8-9,20-27,29-31H2,1-5H3,(H2,54,59)(H,56,68)(H,57,66). The molecule has 3 fully saturated rings. The molecule has 2 aromatic heterocycles. The number of phenols is 1. The van der Waals surface area contributed by atoms with Crippen molar-refractivity contribution in [3.8, 4) is 33.2 Å². The van der Waals surface area contributed by atoms with Crippen LogP contribution in [0.25, 0.3) is 21.7 Å². The van der Waals surface area contributed by atoms with Crippen LogP contribution in [0.15, 0.2) is 84.4 Å². The third kappa shape index (κ3) is 12.5. The summed E-state index contributed by atoms with van der Waals surface area (Å²) in [6.45, 7) is 14.1. The normalized spacial score (nSPS) is 19.5. The highest BCUT2D eigenvalue weighted by molar-refractivity contribution is 7.13. The number of thiazole rings is 1. The molecule has 3 saturated heterocycles. The van der Waals surface area contributed by atoms with Crippen LogP contribution in [0.5, 0.6) is 11.5 Å². The molecule has 3 aliphatic rings. The number of carbonyl (C=O) groups is 4. The number of piperazine rings is 1. The van der Waals surface area contributed by atoms with E-state index in [2.05, 4.69) is 59.9 Å². The number of amides is 4. The van der Waals surface area contributed by atoms with Gasteiger partial charge in [0.1, 0.15) is 29.6 Å². The third-order valence-corrected chi connectivity index (χ3v) is 14.7. The van der Waals surface area contributed by atoms with Gasteiger partial charge in [0.05, 0.1) is 28.2 Å². The van der Waals surface area contributed by atoms with Gasteiger partial charge in [-0.25, -0.2) is 4.98 Å². The second-order valence-corrected chi connectivity index (χ2v) is 20.9. The highest BCUT2D eigenvalue weighted by atomic mass is 32.1. The van der Waals surface area contributed by atoms with Crippen LogP contribution in [-0.2, 0) is 25.7 Å². The quantitative estimate of drug-likeness (QED) is 0.0851. The smallest absolute Gasteiger partial charge is 0.246 e. The van der Waals surface area contributed by atoms with E-state index >= 15 is 0 Å². The van der Waals surface area contributed by atoms with E-state index in [0.29, 0.717) is 43.2 Å². The maximum atomic E-state index is 14.2. The lowest BCUT2D eigenvalue weighted by Gasteiger charge is -2.37. The number of nitrogens with one attached hydrogen (secondary N) is 2. The van der Waals surface area contributed by atoms with Crippen LogP contribution in [0.1, 0.15) is 82.7 Å². The number of aryl methyl sites for hydroxylation is 1. The number of aromatic nitrogens is 3. The number of likely N-dealkylation sites (tertiary alicyclic amines) is 2. The van der Waals surface area contributed by atoms with Crippen LogP contribution in [0, 0.1) is 12.3 Å². The van der Waals surface area contributed by atoms with Crippen LogP contribution in [0.3, 0.4) is 0 Å². The fourth-order valence-electron chi connectivity index (χ4n) is 9.64. The van der Waals surface area contributed by atoms with Gasteiger partial charge in [-0.15, -0.1) is 21.5 Å². The van der Waals surface area contributed by atoms with Crippen molar-refractivity contribution >= 4 is 46.5 Å². The third-order valence-electron chi connectivity index (χ3n) is 13.7. The number of nitrogen functional groups attached to an aromatic ring is 1. The maximum absolute atomic E-state index is 14.2. The minimum Gasteiger partial charge on any atom is -0.507 e. The van der Waals surface area contributed by atoms with E-state index in [0.717, 1.165) is 59.9 Å². The zero-order valence-electron chi connectivity index (χ0n) is 41.2. The molecule has 5 unspecified atom stereocenters. The van der Waals surface area contributed by atoms with Gasteiger partial charge in [-0.05, 0) is 79.6 Å². The summed E-state index contributed by atoms with van der Waals surface area (Å²) >= 11 is 1.57. The Balaban J connectivity index is 0.778. The fourth-order valence-corrected chi connectivity index (χ4v) is 10.5. The molecule has 18 heteroatoms. The van der Waals surface area contributed by atoms with Gasteiger partial charge in [0.25, 0.3) is 0 Å². The van der Waals surface area contributed by atoms with Crippen molar-refractivity contribution in [2.75, 3.05) is 56.4 Å². The molecule has 0 radical (unpaired) electrons. The van der Waals surface area contributed by atoms with Gasteiger partial charge in [0, 0.05) is 82.4 Å². The number of benzene rings is 3. The number of hydrogen-bond acceptors (Lipinski definition) is 14. The molecule has 17 nitrogen and oxygen atoms in total. The summed E-state index contributed by atoms with van der Waals surface area (Å²) in [5, 5.41) is 35.2. The number of β-amino-alcohol motifs (C(OH)–C–C–N with tert-alkyl or cyclic N) is 1. The SMILES string of the molecule is Cc1ncsc1-c1ccc(C(C)NC(=O)C2CC(O)CN2C(=O)C(NC(=O)CCC(=O)N2CCN(c3ccc(CN4CCCC(Oc5cc(-c6ccccc6O)nnc5N)C4)cc3)CC2)C(C)(C)C)cc1. The van der Waals surface area contributed by atoms with Crippen molar-refractivity contribution in [3.05, 3.63) is 101 Å². The zero-order chi connectivity index (χ0) is 50.4. The van der Waals surface area contributed by atoms with Crippen molar-refractivity contribution in [2.45, 2.75) is 104 Å². The number of piperidine rings is 1. The van der Waals surface area contributed by atoms with Crippen LogP contribution in [-0.4, -0.2) is 134 Å². The summed E-state index contributed by atoms with van der Waals surface area (Å²) in [5.41, 5.74) is 13.4. The van der Waals surface area contributed by atoms with Crippen molar-refractivity contribution in [1.29, 1.82) is 0 Å². The summed E-state index contributed by atoms with van der Waals surface area (Å²) in [6, 6.07) is 22.9. The number of carbonyl (C=O) groups excluding carboxylic acids is 4. The van der Waals surface area contributed by atoms with Crippen molar-refractivity contribution in [2.24, 2.45) is 5.41 Å². The summed E-state index contributed by atoms with van der Waals surface area (Å²) in [6.07, 6.45) is 0.856. The molecular formula is C53H66N10O7S. The first-order valence-corrected chi connectivity index (χ1v) is 25.4. The Hall–Kier alpha value is -6.63. The lowest BCUT2D eigenvalue weighted by Crippen LogP contribution is -2.58. The maximum Gasteiger partial charge on any atom is 0.246 e.